The minimum Gasteiger partial charge on any atom is -0.376 e. The average molecular weight is 415 g/mol. The highest BCUT2D eigenvalue weighted by Crippen LogP contribution is 2.68. The Kier molecular flexibility index (Phi) is 5.79. The molecular formula is C26H42N2S. The molecule has 5 aliphatic rings. The molecule has 0 radical (unpaired) electrons. The lowest BCUT2D eigenvalue weighted by molar-refractivity contribution is -0.118. The molecule has 4 unspecified atom stereocenters. The van der Waals surface area contributed by atoms with Crippen molar-refractivity contribution in [2.75, 3.05) is 0 Å². The molecule has 3 heteroatoms. The Hall–Kier alpha value is -0.670. The summed E-state index contributed by atoms with van der Waals surface area (Å²) in [6, 6.07) is 0.918. The van der Waals surface area contributed by atoms with E-state index in [1.165, 1.54) is 44.9 Å². The van der Waals surface area contributed by atoms with Crippen LogP contribution in [0.1, 0.15) is 85.5 Å². The first-order chi connectivity index (χ1) is 13.6. The van der Waals surface area contributed by atoms with Crippen LogP contribution in [0, 0.1) is 34.0 Å². The Bertz CT molecular complexity index is 681. The first-order valence-electron chi connectivity index (χ1n) is 12.0. The van der Waals surface area contributed by atoms with Crippen molar-refractivity contribution < 1.29 is 0 Å². The molecule has 0 heterocycles. The predicted octanol–water partition coefficient (Wildman–Crippen LogP) is 6.16. The third kappa shape index (κ3) is 4.24. The van der Waals surface area contributed by atoms with Crippen LogP contribution in [0.5, 0.6) is 0 Å². The van der Waals surface area contributed by atoms with Gasteiger partial charge < -0.3 is 11.1 Å². The topological polar surface area (TPSA) is 38.0 Å². The van der Waals surface area contributed by atoms with Crippen LogP contribution in [-0.4, -0.2) is 17.1 Å². The summed E-state index contributed by atoms with van der Waals surface area (Å²) in [5, 5.41) is 3.84. The normalized spacial score (nSPS) is 49.6. The molecule has 5 rings (SSSR count). The van der Waals surface area contributed by atoms with E-state index in [-0.39, 0.29) is 5.41 Å². The SMILES string of the molecule is CC1CC2(C)CC(C3C=CC=CC3C)(C2)CC(C)(C(=S)NC2CCC(N)CC2)C1. The Morgan fingerprint density at radius 1 is 0.966 bits per heavy atom. The second-order valence-electron chi connectivity index (χ2n) is 12.0. The zero-order valence-electron chi connectivity index (χ0n) is 19.0. The lowest BCUT2D eigenvalue weighted by atomic mass is 9.41. The highest BCUT2D eigenvalue weighted by Gasteiger charge is 2.60. The van der Waals surface area contributed by atoms with Crippen LogP contribution in [0.15, 0.2) is 24.3 Å². The third-order valence-electron chi connectivity index (χ3n) is 8.71. The molecule has 4 atom stereocenters. The van der Waals surface area contributed by atoms with Crippen LogP contribution in [0.4, 0.5) is 0 Å². The number of fused-ring (bicyclic) bond motifs is 4. The second-order valence-corrected chi connectivity index (χ2v) is 12.4. The van der Waals surface area contributed by atoms with Crippen LogP contribution < -0.4 is 11.1 Å². The van der Waals surface area contributed by atoms with Crippen LogP contribution >= 0.6 is 12.2 Å². The van der Waals surface area contributed by atoms with E-state index >= 15 is 0 Å². The standard InChI is InChI=1S/C26H42N2S/c1-18-13-24(3)15-26(16-24,22-8-6-5-7-19(22)2)17-25(4,14-18)23(29)28-21-11-9-20(27)10-12-21/h5-8,18-22H,9-17,27H2,1-4H3,(H,28,29). The fourth-order valence-electron chi connectivity index (χ4n) is 8.08. The van der Waals surface area contributed by atoms with Crippen molar-refractivity contribution in [1.29, 1.82) is 0 Å². The van der Waals surface area contributed by atoms with Crippen molar-refractivity contribution in [3.63, 3.8) is 0 Å². The van der Waals surface area contributed by atoms with Gasteiger partial charge in [-0.1, -0.05) is 64.2 Å². The smallest absolute Gasteiger partial charge is 0.0815 e. The van der Waals surface area contributed by atoms with E-state index in [9.17, 15) is 0 Å². The van der Waals surface area contributed by atoms with E-state index in [0.29, 0.717) is 34.7 Å². The molecule has 2 nitrogen and oxygen atoms in total. The molecule has 0 aliphatic heterocycles. The monoisotopic (exact) mass is 414 g/mol. The zero-order chi connectivity index (χ0) is 20.9. The number of thiocarbonyl (C=S) groups is 1. The molecule has 0 spiro atoms. The first kappa shape index (κ1) is 21.6. The molecule has 0 aromatic heterocycles. The average Bonchev–Trinajstić information content (AvgIpc) is 2.61. The summed E-state index contributed by atoms with van der Waals surface area (Å²) < 4.78 is 0. The second kappa shape index (κ2) is 7.79. The van der Waals surface area contributed by atoms with Crippen molar-refractivity contribution in [2.45, 2.75) is 97.6 Å². The molecule has 4 fully saturated rings. The van der Waals surface area contributed by atoms with Gasteiger partial charge >= 0.3 is 0 Å². The summed E-state index contributed by atoms with van der Waals surface area (Å²) in [5.74, 6) is 2.03. The van der Waals surface area contributed by atoms with Gasteiger partial charge in [-0.05, 0) is 86.4 Å². The van der Waals surface area contributed by atoms with Gasteiger partial charge in [-0.2, -0.15) is 0 Å². The molecule has 0 amide bonds. The molecule has 162 valence electrons. The number of allylic oxidation sites excluding steroid dienone is 4. The molecule has 2 bridgehead atoms. The van der Waals surface area contributed by atoms with E-state index < -0.39 is 0 Å². The van der Waals surface area contributed by atoms with Gasteiger partial charge in [0, 0.05) is 17.5 Å². The first-order valence-corrected chi connectivity index (χ1v) is 12.5. The minimum atomic E-state index is 0.102. The van der Waals surface area contributed by atoms with Gasteiger partial charge in [0.15, 0.2) is 0 Å². The van der Waals surface area contributed by atoms with Crippen LogP contribution in [0.3, 0.4) is 0 Å². The summed E-state index contributed by atoms with van der Waals surface area (Å²) in [5.41, 5.74) is 7.17. The Labute approximate surface area is 184 Å². The minimum absolute atomic E-state index is 0.102. The maximum Gasteiger partial charge on any atom is 0.0815 e. The quantitative estimate of drug-likeness (QED) is 0.543. The van der Waals surface area contributed by atoms with E-state index in [2.05, 4.69) is 57.3 Å². The Balaban J connectivity index is 1.55. The largest absolute Gasteiger partial charge is 0.376 e. The molecule has 0 aromatic carbocycles. The van der Waals surface area contributed by atoms with Crippen molar-refractivity contribution in [2.24, 2.45) is 39.7 Å². The maximum atomic E-state index is 6.16. The number of rotatable bonds is 3. The van der Waals surface area contributed by atoms with E-state index in [4.69, 9.17) is 18.0 Å². The summed E-state index contributed by atoms with van der Waals surface area (Å²) in [6.07, 6.45) is 20.6. The van der Waals surface area contributed by atoms with Gasteiger partial charge in [-0.3, -0.25) is 0 Å². The summed E-state index contributed by atoms with van der Waals surface area (Å²) in [7, 11) is 0. The summed E-state index contributed by atoms with van der Waals surface area (Å²) in [4.78, 5) is 1.14. The van der Waals surface area contributed by atoms with Gasteiger partial charge in [-0.25, -0.2) is 0 Å². The summed E-state index contributed by atoms with van der Waals surface area (Å²) in [6.45, 7) is 9.89. The zero-order valence-corrected chi connectivity index (χ0v) is 19.9. The number of hydrogen-bond donors (Lipinski definition) is 2. The van der Waals surface area contributed by atoms with E-state index in [0.717, 1.165) is 23.7 Å². The van der Waals surface area contributed by atoms with Crippen molar-refractivity contribution in [3.8, 4) is 0 Å². The van der Waals surface area contributed by atoms with E-state index in [1.54, 1.807) is 0 Å². The van der Waals surface area contributed by atoms with Gasteiger partial charge in [0.05, 0.1) is 4.99 Å². The van der Waals surface area contributed by atoms with Gasteiger partial charge in [0.1, 0.15) is 0 Å². The predicted molar refractivity (Wildman–Crippen MR) is 128 cm³/mol. The number of nitrogens with one attached hydrogen (secondary N) is 1. The molecule has 29 heavy (non-hydrogen) atoms. The molecule has 5 aliphatic carbocycles. The summed E-state index contributed by atoms with van der Waals surface area (Å²) >= 11 is 6.16. The molecule has 4 saturated carbocycles. The van der Waals surface area contributed by atoms with Crippen molar-refractivity contribution in [3.05, 3.63) is 24.3 Å². The van der Waals surface area contributed by atoms with Crippen molar-refractivity contribution in [1.82, 2.24) is 5.32 Å². The molecule has 0 aromatic rings. The fraction of sp³-hybridized carbons (Fsp3) is 0.808. The van der Waals surface area contributed by atoms with E-state index in [1.807, 2.05) is 0 Å². The van der Waals surface area contributed by atoms with Crippen LogP contribution in [0.25, 0.3) is 0 Å². The Morgan fingerprint density at radius 3 is 2.28 bits per heavy atom. The lowest BCUT2D eigenvalue weighted by Crippen LogP contribution is -2.57. The van der Waals surface area contributed by atoms with Gasteiger partial charge in [0.2, 0.25) is 0 Å². The number of nitrogens with two attached hydrogens (primary N) is 1. The highest BCUT2D eigenvalue weighted by atomic mass is 32.1. The molecular weight excluding hydrogens is 372 g/mol. The molecule has 3 N–H and O–H groups in total. The van der Waals surface area contributed by atoms with Crippen molar-refractivity contribution >= 4 is 17.2 Å². The van der Waals surface area contributed by atoms with Crippen LogP contribution in [-0.2, 0) is 0 Å². The molecule has 0 saturated heterocycles. The maximum absolute atomic E-state index is 6.16. The van der Waals surface area contributed by atoms with Gasteiger partial charge in [-0.15, -0.1) is 0 Å². The van der Waals surface area contributed by atoms with Crippen LogP contribution in [0.2, 0.25) is 0 Å². The van der Waals surface area contributed by atoms with Gasteiger partial charge in [0.25, 0.3) is 0 Å². The highest BCUT2D eigenvalue weighted by molar-refractivity contribution is 7.80. The lowest BCUT2D eigenvalue weighted by Gasteiger charge is -2.64. The third-order valence-corrected chi connectivity index (χ3v) is 9.32. The Morgan fingerprint density at radius 2 is 1.62 bits per heavy atom. The number of hydrogen-bond acceptors (Lipinski definition) is 2. The fourth-order valence-corrected chi connectivity index (χ4v) is 8.40.